The Balaban J connectivity index is 1.92. The molecular formula is C23H27NO4S. The predicted octanol–water partition coefficient (Wildman–Crippen LogP) is 4.01. The average Bonchev–Trinajstić information content (AvgIpc) is 2.77. The lowest BCUT2D eigenvalue weighted by atomic mass is 9.99. The van der Waals surface area contributed by atoms with Crippen LogP contribution in [0.25, 0.3) is 0 Å². The zero-order chi connectivity index (χ0) is 20.9. The van der Waals surface area contributed by atoms with Gasteiger partial charge in [-0.15, -0.1) is 0 Å². The van der Waals surface area contributed by atoms with Crippen LogP contribution in [0, 0.1) is 6.92 Å². The predicted molar refractivity (Wildman–Crippen MR) is 113 cm³/mol. The lowest BCUT2D eigenvalue weighted by molar-refractivity contribution is -0.140. The Morgan fingerprint density at radius 2 is 1.72 bits per heavy atom. The molecule has 0 saturated heterocycles. The molecule has 29 heavy (non-hydrogen) atoms. The molecule has 1 aliphatic heterocycles. The van der Waals surface area contributed by atoms with Crippen molar-refractivity contribution in [2.75, 3.05) is 13.2 Å². The van der Waals surface area contributed by atoms with Crippen molar-refractivity contribution in [1.29, 1.82) is 0 Å². The summed E-state index contributed by atoms with van der Waals surface area (Å²) >= 11 is 0. The van der Waals surface area contributed by atoms with Crippen LogP contribution in [-0.2, 0) is 32.5 Å². The molecule has 0 N–H and O–H groups in total. The molecule has 0 spiro atoms. The van der Waals surface area contributed by atoms with Gasteiger partial charge in [-0.25, -0.2) is 8.42 Å². The molecule has 0 bridgehead atoms. The van der Waals surface area contributed by atoms with Gasteiger partial charge in [0.05, 0.1) is 11.5 Å². The Labute approximate surface area is 173 Å². The monoisotopic (exact) mass is 413 g/mol. The van der Waals surface area contributed by atoms with E-state index in [2.05, 4.69) is 6.07 Å². The number of hydrogen-bond donors (Lipinski definition) is 0. The highest BCUT2D eigenvalue weighted by Crippen LogP contribution is 2.24. The second kappa shape index (κ2) is 9.37. The van der Waals surface area contributed by atoms with Crippen LogP contribution in [0.3, 0.4) is 0 Å². The third-order valence-corrected chi connectivity index (χ3v) is 6.98. The van der Waals surface area contributed by atoms with Crippen molar-refractivity contribution < 1.29 is 17.9 Å². The van der Waals surface area contributed by atoms with Crippen LogP contribution in [0.5, 0.6) is 0 Å². The van der Waals surface area contributed by atoms with Gasteiger partial charge in [-0.05, 0) is 43.0 Å². The largest absolute Gasteiger partial charge is 0.466 e. The Kier molecular flexibility index (Phi) is 6.87. The fraction of sp³-hybridized carbons (Fsp3) is 0.348. The summed E-state index contributed by atoms with van der Waals surface area (Å²) in [6, 6.07) is 14.9. The molecule has 1 aliphatic rings. The van der Waals surface area contributed by atoms with Gasteiger partial charge in [0.25, 0.3) is 0 Å². The first kappa shape index (κ1) is 21.3. The Bertz CT molecular complexity index is 994. The lowest BCUT2D eigenvalue weighted by Gasteiger charge is -2.22. The van der Waals surface area contributed by atoms with Gasteiger partial charge in [-0.3, -0.25) is 4.79 Å². The van der Waals surface area contributed by atoms with Crippen LogP contribution in [0.15, 0.2) is 65.1 Å². The van der Waals surface area contributed by atoms with E-state index in [0.717, 1.165) is 35.1 Å². The summed E-state index contributed by atoms with van der Waals surface area (Å²) in [7, 11) is -3.63. The number of carbonyl (C=O) groups excluding carboxylic acids is 1. The summed E-state index contributed by atoms with van der Waals surface area (Å²) in [5.74, 6) is -0.303. The number of rotatable bonds is 5. The van der Waals surface area contributed by atoms with Crippen LogP contribution in [-0.4, -0.2) is 31.8 Å². The second-order valence-electron chi connectivity index (χ2n) is 7.33. The molecule has 5 nitrogen and oxygen atoms in total. The standard InChI is InChI=1S/C23H27NO4S/c1-18-7-11-23(12-8-18)29(26,27)24-15-13-20(14-16-28-19(2)25)9-10-21-5-3-4-6-22(21)17-24/h3-8,11-13H,9-10,14-17H2,1-2H3/b20-13+. The molecule has 0 aromatic heterocycles. The maximum atomic E-state index is 13.3. The van der Waals surface area contributed by atoms with Gasteiger partial charge in [-0.1, -0.05) is 53.6 Å². The van der Waals surface area contributed by atoms with Gasteiger partial charge in [-0.2, -0.15) is 4.31 Å². The van der Waals surface area contributed by atoms with Crippen molar-refractivity contribution in [1.82, 2.24) is 4.31 Å². The van der Waals surface area contributed by atoms with Crippen molar-refractivity contribution in [3.05, 3.63) is 76.9 Å². The third-order valence-electron chi connectivity index (χ3n) is 5.15. The number of nitrogens with zero attached hydrogens (tertiary/aromatic N) is 1. The smallest absolute Gasteiger partial charge is 0.302 e. The molecule has 0 unspecified atom stereocenters. The van der Waals surface area contributed by atoms with E-state index in [1.54, 1.807) is 12.1 Å². The van der Waals surface area contributed by atoms with Crippen molar-refractivity contribution in [3.63, 3.8) is 0 Å². The first-order valence-corrected chi connectivity index (χ1v) is 11.2. The number of fused-ring (bicyclic) bond motifs is 1. The molecule has 0 saturated carbocycles. The Morgan fingerprint density at radius 3 is 2.41 bits per heavy atom. The summed E-state index contributed by atoms with van der Waals surface area (Å²) in [6.45, 7) is 4.27. The van der Waals surface area contributed by atoms with Crippen LogP contribution < -0.4 is 0 Å². The first-order chi connectivity index (χ1) is 13.9. The molecule has 0 radical (unpaired) electrons. The molecule has 0 aliphatic carbocycles. The zero-order valence-electron chi connectivity index (χ0n) is 16.9. The van der Waals surface area contributed by atoms with Gasteiger partial charge in [0.2, 0.25) is 10.0 Å². The molecule has 0 atom stereocenters. The van der Waals surface area contributed by atoms with E-state index in [0.29, 0.717) is 31.0 Å². The Hall–Kier alpha value is -2.44. The number of benzene rings is 2. The van der Waals surface area contributed by atoms with E-state index in [1.807, 2.05) is 43.3 Å². The molecule has 6 heteroatoms. The fourth-order valence-electron chi connectivity index (χ4n) is 3.43. The van der Waals surface area contributed by atoms with E-state index >= 15 is 0 Å². The van der Waals surface area contributed by atoms with Crippen LogP contribution in [0.4, 0.5) is 0 Å². The lowest BCUT2D eigenvalue weighted by Crippen LogP contribution is -2.31. The van der Waals surface area contributed by atoms with Crippen LogP contribution in [0.1, 0.15) is 36.5 Å². The summed E-state index contributed by atoms with van der Waals surface area (Å²) in [5.41, 5.74) is 4.30. The molecule has 2 aromatic carbocycles. The highest BCUT2D eigenvalue weighted by atomic mass is 32.2. The van der Waals surface area contributed by atoms with Crippen molar-refractivity contribution in [2.24, 2.45) is 0 Å². The fourth-order valence-corrected chi connectivity index (χ4v) is 4.79. The van der Waals surface area contributed by atoms with Gasteiger partial charge in [0.1, 0.15) is 0 Å². The van der Waals surface area contributed by atoms with Gasteiger partial charge in [0.15, 0.2) is 0 Å². The second-order valence-corrected chi connectivity index (χ2v) is 9.27. The van der Waals surface area contributed by atoms with E-state index in [-0.39, 0.29) is 5.97 Å². The normalized spacial score (nSPS) is 17.2. The minimum Gasteiger partial charge on any atom is -0.466 e. The number of hydrogen-bond acceptors (Lipinski definition) is 4. The molecule has 1 heterocycles. The molecule has 154 valence electrons. The summed E-state index contributed by atoms with van der Waals surface area (Å²) in [6.07, 6.45) is 4.23. The number of esters is 1. The molecule has 3 rings (SSSR count). The summed E-state index contributed by atoms with van der Waals surface area (Å²) in [4.78, 5) is 11.4. The maximum absolute atomic E-state index is 13.3. The summed E-state index contributed by atoms with van der Waals surface area (Å²) in [5, 5.41) is 0. The van der Waals surface area contributed by atoms with Crippen molar-refractivity contribution in [2.45, 2.75) is 44.6 Å². The Morgan fingerprint density at radius 1 is 1.03 bits per heavy atom. The quantitative estimate of drug-likeness (QED) is 0.549. The zero-order valence-corrected chi connectivity index (χ0v) is 17.7. The van der Waals surface area contributed by atoms with E-state index < -0.39 is 10.0 Å². The molecule has 2 aromatic rings. The maximum Gasteiger partial charge on any atom is 0.302 e. The van der Waals surface area contributed by atoms with E-state index in [4.69, 9.17) is 4.74 Å². The first-order valence-electron chi connectivity index (χ1n) is 9.81. The highest BCUT2D eigenvalue weighted by Gasteiger charge is 2.25. The molecular weight excluding hydrogens is 386 g/mol. The van der Waals surface area contributed by atoms with Crippen LogP contribution in [0.2, 0.25) is 0 Å². The topological polar surface area (TPSA) is 63.7 Å². The number of ether oxygens (including phenoxy) is 1. The minimum absolute atomic E-state index is 0.292. The van der Waals surface area contributed by atoms with E-state index in [9.17, 15) is 13.2 Å². The van der Waals surface area contributed by atoms with E-state index in [1.165, 1.54) is 11.2 Å². The number of sulfonamides is 1. The SMILES string of the molecule is CC(=O)OCC/C1=C/CN(S(=O)(=O)c2ccc(C)cc2)Cc2ccccc2CC1. The van der Waals surface area contributed by atoms with Crippen molar-refractivity contribution >= 4 is 16.0 Å². The number of aryl methyl sites for hydroxylation is 2. The third kappa shape index (κ3) is 5.55. The average molecular weight is 414 g/mol. The molecule has 0 amide bonds. The number of carbonyl (C=O) groups is 1. The molecule has 0 fully saturated rings. The van der Waals surface area contributed by atoms with Gasteiger partial charge in [0, 0.05) is 26.4 Å². The minimum atomic E-state index is -3.63. The highest BCUT2D eigenvalue weighted by molar-refractivity contribution is 7.89. The van der Waals surface area contributed by atoms with Gasteiger partial charge >= 0.3 is 5.97 Å². The van der Waals surface area contributed by atoms with Crippen LogP contribution >= 0.6 is 0 Å². The van der Waals surface area contributed by atoms with Gasteiger partial charge < -0.3 is 4.74 Å². The van der Waals surface area contributed by atoms with Crippen molar-refractivity contribution in [3.8, 4) is 0 Å². The summed E-state index contributed by atoms with van der Waals surface area (Å²) < 4.78 is 33.2.